The summed E-state index contributed by atoms with van der Waals surface area (Å²) in [6.07, 6.45) is 2.82. The Bertz CT molecular complexity index is 945. The van der Waals surface area contributed by atoms with E-state index in [1.807, 2.05) is 10.7 Å². The van der Waals surface area contributed by atoms with Gasteiger partial charge in [0, 0.05) is 43.6 Å². The van der Waals surface area contributed by atoms with Gasteiger partial charge in [-0.3, -0.25) is 4.79 Å². The molecule has 3 aromatic heterocycles. The van der Waals surface area contributed by atoms with E-state index in [1.54, 1.807) is 24.5 Å². The van der Waals surface area contributed by atoms with Gasteiger partial charge in [-0.15, -0.1) is 5.10 Å². The predicted molar refractivity (Wildman–Crippen MR) is 93.8 cm³/mol. The molecule has 0 unspecified atom stereocenters. The summed E-state index contributed by atoms with van der Waals surface area (Å²) in [5.74, 6) is 0. The third-order valence-corrected chi connectivity index (χ3v) is 5.29. The lowest BCUT2D eigenvalue weighted by Gasteiger charge is -2.27. The third kappa shape index (κ3) is 2.50. The average molecular weight is 344 g/mol. The van der Waals surface area contributed by atoms with Crippen molar-refractivity contribution in [1.82, 2.24) is 24.4 Å². The second-order valence-electron chi connectivity index (χ2n) is 7.24. The molecular weight excluding hydrogens is 324 g/mol. The van der Waals surface area contributed by atoms with Crippen LogP contribution in [0.4, 0.5) is 5.13 Å². The first kappa shape index (κ1) is 15.3. The number of imidazole rings is 1. The Kier molecular flexibility index (Phi) is 3.28. The molecule has 0 aromatic carbocycles. The van der Waals surface area contributed by atoms with E-state index < -0.39 is 0 Å². The fourth-order valence-corrected chi connectivity index (χ4v) is 3.74. The van der Waals surface area contributed by atoms with Gasteiger partial charge in [-0.25, -0.2) is 14.2 Å². The summed E-state index contributed by atoms with van der Waals surface area (Å²) >= 11 is 1.59. The van der Waals surface area contributed by atoms with E-state index in [0.717, 1.165) is 40.0 Å². The predicted octanol–water partition coefficient (Wildman–Crippen LogP) is 1.74. The molecule has 1 aliphatic rings. The van der Waals surface area contributed by atoms with Crippen LogP contribution in [-0.2, 0) is 25.4 Å². The molecule has 126 valence electrons. The highest BCUT2D eigenvalue weighted by Gasteiger charge is 2.24. The van der Waals surface area contributed by atoms with Gasteiger partial charge in [0.1, 0.15) is 0 Å². The molecule has 0 saturated carbocycles. The molecule has 24 heavy (non-hydrogen) atoms. The van der Waals surface area contributed by atoms with Crippen LogP contribution in [0.25, 0.3) is 4.96 Å². The molecule has 0 amide bonds. The van der Waals surface area contributed by atoms with E-state index in [9.17, 15) is 4.79 Å². The lowest BCUT2D eigenvalue weighted by atomic mass is 9.93. The van der Waals surface area contributed by atoms with Crippen molar-refractivity contribution in [3.8, 4) is 0 Å². The van der Waals surface area contributed by atoms with Gasteiger partial charge in [-0.05, 0) is 0 Å². The SMILES string of the molecule is Cn1nc2c(cc1=O)CN(c1nn3cc(C(C)(C)C)nc3s1)CC2. The summed E-state index contributed by atoms with van der Waals surface area (Å²) in [6.45, 7) is 7.96. The highest BCUT2D eigenvalue weighted by molar-refractivity contribution is 7.20. The van der Waals surface area contributed by atoms with Gasteiger partial charge in [-0.1, -0.05) is 32.1 Å². The molecule has 0 aliphatic carbocycles. The van der Waals surface area contributed by atoms with Gasteiger partial charge in [0.2, 0.25) is 10.1 Å². The number of nitrogens with zero attached hydrogens (tertiary/aromatic N) is 6. The fraction of sp³-hybridized carbons (Fsp3) is 0.500. The zero-order valence-electron chi connectivity index (χ0n) is 14.3. The molecular formula is C16H20N6OS. The molecule has 0 atom stereocenters. The molecule has 1 aliphatic heterocycles. The van der Waals surface area contributed by atoms with Gasteiger partial charge in [-0.2, -0.15) is 5.10 Å². The Morgan fingerprint density at radius 3 is 2.75 bits per heavy atom. The standard InChI is InChI=1S/C16H20N6OS/c1-16(2,3)12-9-22-14(17-12)24-15(19-22)21-6-5-11-10(8-21)7-13(23)20(4)18-11/h7,9H,5-6,8H2,1-4H3. The molecule has 0 bridgehead atoms. The van der Waals surface area contributed by atoms with E-state index in [4.69, 9.17) is 4.98 Å². The monoisotopic (exact) mass is 344 g/mol. The zero-order valence-corrected chi connectivity index (χ0v) is 15.1. The Hall–Kier alpha value is -2.22. The summed E-state index contributed by atoms with van der Waals surface area (Å²) in [5, 5.41) is 9.97. The zero-order chi connectivity index (χ0) is 17.1. The van der Waals surface area contributed by atoms with Crippen LogP contribution in [0, 0.1) is 0 Å². The highest BCUT2D eigenvalue weighted by Crippen LogP contribution is 2.29. The van der Waals surface area contributed by atoms with Crippen molar-refractivity contribution in [2.24, 2.45) is 7.05 Å². The maximum atomic E-state index is 11.8. The van der Waals surface area contributed by atoms with Crippen LogP contribution in [0.3, 0.4) is 0 Å². The number of aromatic nitrogens is 5. The Balaban J connectivity index is 1.65. The van der Waals surface area contributed by atoms with E-state index in [-0.39, 0.29) is 11.0 Å². The molecule has 0 fully saturated rings. The largest absolute Gasteiger partial charge is 0.342 e. The minimum Gasteiger partial charge on any atom is -0.342 e. The van der Waals surface area contributed by atoms with Crippen LogP contribution >= 0.6 is 11.3 Å². The average Bonchev–Trinajstić information content (AvgIpc) is 3.06. The topological polar surface area (TPSA) is 68.3 Å². The Morgan fingerprint density at radius 2 is 2.04 bits per heavy atom. The number of rotatable bonds is 1. The smallest absolute Gasteiger partial charge is 0.266 e. The minimum absolute atomic E-state index is 0.0172. The molecule has 0 saturated heterocycles. The maximum Gasteiger partial charge on any atom is 0.266 e. The molecule has 8 heteroatoms. The van der Waals surface area contributed by atoms with Gasteiger partial charge in [0.15, 0.2) is 0 Å². The molecule has 0 radical (unpaired) electrons. The Labute approximate surface area is 143 Å². The first-order valence-electron chi connectivity index (χ1n) is 7.99. The number of hydrogen-bond donors (Lipinski definition) is 0. The first-order valence-corrected chi connectivity index (χ1v) is 8.81. The lowest BCUT2D eigenvalue weighted by Crippen LogP contribution is -2.34. The van der Waals surface area contributed by atoms with Crippen LogP contribution in [0.15, 0.2) is 17.1 Å². The minimum atomic E-state index is -0.0700. The molecule has 0 spiro atoms. The molecule has 0 N–H and O–H groups in total. The molecule has 3 aromatic rings. The van der Waals surface area contributed by atoms with E-state index in [2.05, 4.69) is 35.9 Å². The van der Waals surface area contributed by atoms with E-state index in [1.165, 1.54) is 4.68 Å². The number of fused-ring (bicyclic) bond motifs is 2. The van der Waals surface area contributed by atoms with Crippen LogP contribution in [0.2, 0.25) is 0 Å². The third-order valence-electron chi connectivity index (χ3n) is 4.31. The van der Waals surface area contributed by atoms with Crippen molar-refractivity contribution in [1.29, 1.82) is 0 Å². The quantitative estimate of drug-likeness (QED) is 0.673. The number of aryl methyl sites for hydroxylation is 1. The second-order valence-corrected chi connectivity index (χ2v) is 8.17. The second kappa shape index (κ2) is 5.14. The molecule has 4 heterocycles. The summed E-state index contributed by atoms with van der Waals surface area (Å²) in [4.78, 5) is 19.6. The van der Waals surface area contributed by atoms with Crippen molar-refractivity contribution in [2.45, 2.75) is 39.2 Å². The van der Waals surface area contributed by atoms with Crippen molar-refractivity contribution >= 4 is 21.4 Å². The summed E-state index contributed by atoms with van der Waals surface area (Å²) in [5.41, 5.74) is 2.99. The normalized spacial score (nSPS) is 15.1. The van der Waals surface area contributed by atoms with Gasteiger partial charge in [0.25, 0.3) is 5.56 Å². The van der Waals surface area contributed by atoms with Crippen molar-refractivity contribution in [3.63, 3.8) is 0 Å². The summed E-state index contributed by atoms with van der Waals surface area (Å²) in [7, 11) is 1.69. The highest BCUT2D eigenvalue weighted by atomic mass is 32.1. The first-order chi connectivity index (χ1) is 11.3. The van der Waals surface area contributed by atoms with Gasteiger partial charge >= 0.3 is 0 Å². The van der Waals surface area contributed by atoms with E-state index in [0.29, 0.717) is 6.54 Å². The molecule has 7 nitrogen and oxygen atoms in total. The maximum absolute atomic E-state index is 11.8. The van der Waals surface area contributed by atoms with Crippen LogP contribution < -0.4 is 10.5 Å². The number of anilines is 1. The van der Waals surface area contributed by atoms with Gasteiger partial charge in [0.05, 0.1) is 17.6 Å². The molecule has 4 rings (SSSR count). The van der Waals surface area contributed by atoms with Crippen LogP contribution in [0.5, 0.6) is 0 Å². The van der Waals surface area contributed by atoms with Crippen LogP contribution in [-0.4, -0.2) is 30.9 Å². The lowest BCUT2D eigenvalue weighted by molar-refractivity contribution is 0.572. The Morgan fingerprint density at radius 1 is 1.25 bits per heavy atom. The van der Waals surface area contributed by atoms with Crippen LogP contribution in [0.1, 0.15) is 37.7 Å². The van der Waals surface area contributed by atoms with Gasteiger partial charge < -0.3 is 4.90 Å². The summed E-state index contributed by atoms with van der Waals surface area (Å²) in [6, 6.07) is 1.69. The van der Waals surface area contributed by atoms with Crippen molar-refractivity contribution in [2.75, 3.05) is 11.4 Å². The van der Waals surface area contributed by atoms with E-state index >= 15 is 0 Å². The van der Waals surface area contributed by atoms with Crippen molar-refractivity contribution in [3.05, 3.63) is 39.6 Å². The number of hydrogen-bond acceptors (Lipinski definition) is 6. The van der Waals surface area contributed by atoms with Crippen molar-refractivity contribution < 1.29 is 0 Å². The summed E-state index contributed by atoms with van der Waals surface area (Å²) < 4.78 is 3.26. The fourth-order valence-electron chi connectivity index (χ4n) is 2.84.